The van der Waals surface area contributed by atoms with Crippen LogP contribution in [0.15, 0.2) is 30.4 Å². The summed E-state index contributed by atoms with van der Waals surface area (Å²) < 4.78 is 31.9. The van der Waals surface area contributed by atoms with E-state index in [1.807, 2.05) is 0 Å². The molecule has 0 aliphatic carbocycles. The Morgan fingerprint density at radius 1 is 1.07 bits per heavy atom. The SMILES string of the molecule is COc1cc(Cn2nc(C(=O)CCCNC(=O)CCN3C(=O)C=CC3=O)cc2[N+](=O)[O-])cc(OC)c1OCOP(=O)(O)O. The lowest BCUT2D eigenvalue weighted by atomic mass is 10.1. The molecule has 0 spiro atoms. The van der Waals surface area contributed by atoms with Crippen molar-refractivity contribution in [2.24, 2.45) is 0 Å². The first kappa shape index (κ1) is 32.9. The normalized spacial score (nSPS) is 12.9. The topological polar surface area (TPSA) is 239 Å². The van der Waals surface area contributed by atoms with Gasteiger partial charge < -0.3 is 39.4 Å². The van der Waals surface area contributed by atoms with Gasteiger partial charge >= 0.3 is 13.6 Å². The number of carbonyl (C=O) groups excluding carboxylic acids is 4. The highest BCUT2D eigenvalue weighted by Gasteiger charge is 2.25. The number of phosphoric ester groups is 1. The van der Waals surface area contributed by atoms with Crippen molar-refractivity contribution in [2.75, 3.05) is 34.1 Å². The Balaban J connectivity index is 1.61. The number of phosphoric acid groups is 1. The molecule has 43 heavy (non-hydrogen) atoms. The van der Waals surface area contributed by atoms with Crippen LogP contribution >= 0.6 is 7.82 Å². The minimum Gasteiger partial charge on any atom is -0.493 e. The number of methoxy groups -OCH3 is 2. The van der Waals surface area contributed by atoms with Gasteiger partial charge in [-0.15, -0.1) is 4.68 Å². The number of nitrogens with one attached hydrogen (secondary N) is 1. The first-order chi connectivity index (χ1) is 20.3. The summed E-state index contributed by atoms with van der Waals surface area (Å²) in [5, 5.41) is 18.3. The quantitative estimate of drug-likeness (QED) is 0.0417. The number of amides is 3. The molecule has 232 valence electrons. The lowest BCUT2D eigenvalue weighted by molar-refractivity contribution is -0.392. The summed E-state index contributed by atoms with van der Waals surface area (Å²) in [6.45, 7) is -0.979. The molecular weight excluding hydrogens is 597 g/mol. The van der Waals surface area contributed by atoms with Crippen molar-refractivity contribution in [1.29, 1.82) is 0 Å². The Hall–Kier alpha value is -4.64. The number of benzene rings is 1. The molecule has 18 nitrogen and oxygen atoms in total. The first-order valence-corrected chi connectivity index (χ1v) is 14.0. The zero-order valence-corrected chi connectivity index (χ0v) is 23.9. The van der Waals surface area contributed by atoms with Crippen LogP contribution in [0, 0.1) is 10.1 Å². The Morgan fingerprint density at radius 3 is 2.26 bits per heavy atom. The summed E-state index contributed by atoms with van der Waals surface area (Å²) in [7, 11) is -2.22. The second-order valence-electron chi connectivity index (χ2n) is 8.80. The van der Waals surface area contributed by atoms with Gasteiger partial charge in [-0.05, 0) is 23.5 Å². The van der Waals surface area contributed by atoms with Gasteiger partial charge in [-0.25, -0.2) is 9.09 Å². The molecular formula is C24H28N5O13P. The van der Waals surface area contributed by atoms with Crippen LogP contribution in [-0.4, -0.2) is 87.0 Å². The monoisotopic (exact) mass is 625 g/mol. The maximum absolute atomic E-state index is 12.7. The van der Waals surface area contributed by atoms with Crippen LogP contribution in [0.25, 0.3) is 0 Å². The summed E-state index contributed by atoms with van der Waals surface area (Å²) in [4.78, 5) is 77.3. The third kappa shape index (κ3) is 9.17. The van der Waals surface area contributed by atoms with Gasteiger partial charge in [0.05, 0.1) is 20.3 Å². The molecule has 2 aromatic rings. The number of aromatic nitrogens is 2. The molecule has 1 aliphatic heterocycles. The molecule has 0 radical (unpaired) electrons. The number of ketones is 1. The van der Waals surface area contributed by atoms with Crippen LogP contribution in [0.2, 0.25) is 0 Å². The zero-order valence-electron chi connectivity index (χ0n) is 23.0. The van der Waals surface area contributed by atoms with Gasteiger partial charge in [-0.3, -0.25) is 24.1 Å². The van der Waals surface area contributed by atoms with Crippen molar-refractivity contribution in [3.63, 3.8) is 0 Å². The number of hydrogen-bond donors (Lipinski definition) is 3. The zero-order chi connectivity index (χ0) is 31.7. The molecule has 1 aromatic heterocycles. The van der Waals surface area contributed by atoms with E-state index in [9.17, 15) is 33.9 Å². The smallest absolute Gasteiger partial charge is 0.472 e. The van der Waals surface area contributed by atoms with E-state index < -0.39 is 48.9 Å². The second kappa shape index (κ2) is 14.5. The fraction of sp³-hybridized carbons (Fsp3) is 0.375. The van der Waals surface area contributed by atoms with E-state index in [4.69, 9.17) is 24.0 Å². The molecule has 19 heteroatoms. The minimum absolute atomic E-state index is 0.0462. The highest BCUT2D eigenvalue weighted by Crippen LogP contribution is 2.41. The molecule has 1 aromatic carbocycles. The van der Waals surface area contributed by atoms with E-state index in [1.165, 1.54) is 26.4 Å². The number of ether oxygens (including phenoxy) is 3. The minimum atomic E-state index is -4.80. The van der Waals surface area contributed by atoms with Crippen molar-refractivity contribution in [2.45, 2.75) is 25.8 Å². The van der Waals surface area contributed by atoms with Gasteiger partial charge in [-0.2, -0.15) is 0 Å². The predicted octanol–water partition coefficient (Wildman–Crippen LogP) is 0.697. The fourth-order valence-electron chi connectivity index (χ4n) is 3.86. The van der Waals surface area contributed by atoms with Gasteiger partial charge in [0, 0.05) is 43.6 Å². The Morgan fingerprint density at radius 2 is 1.70 bits per heavy atom. The summed E-state index contributed by atoms with van der Waals surface area (Å²) in [5.74, 6) is -2.30. The van der Waals surface area contributed by atoms with E-state index >= 15 is 0 Å². The molecule has 0 bridgehead atoms. The molecule has 0 saturated carbocycles. The average Bonchev–Trinajstić information content (AvgIpc) is 3.51. The Kier molecular flexibility index (Phi) is 11.1. The molecule has 0 fully saturated rings. The summed E-state index contributed by atoms with van der Waals surface area (Å²) in [6.07, 6.45) is 2.26. The number of hydrogen-bond acceptors (Lipinski definition) is 12. The molecule has 3 amide bonds. The largest absolute Gasteiger partial charge is 0.493 e. The van der Waals surface area contributed by atoms with Crippen molar-refractivity contribution < 1.29 is 57.2 Å². The van der Waals surface area contributed by atoms with Crippen LogP contribution in [0.1, 0.15) is 35.3 Å². The lowest BCUT2D eigenvalue weighted by Crippen LogP contribution is -2.35. The van der Waals surface area contributed by atoms with Crippen molar-refractivity contribution in [3.05, 3.63) is 51.7 Å². The van der Waals surface area contributed by atoms with Crippen molar-refractivity contribution in [1.82, 2.24) is 20.0 Å². The molecule has 2 heterocycles. The van der Waals surface area contributed by atoms with Gasteiger partial charge in [0.2, 0.25) is 18.4 Å². The highest BCUT2D eigenvalue weighted by atomic mass is 31.2. The number of nitro groups is 1. The Labute approximate surface area is 243 Å². The van der Waals surface area contributed by atoms with Crippen LogP contribution in [0.4, 0.5) is 5.82 Å². The van der Waals surface area contributed by atoms with E-state index in [2.05, 4.69) is 14.9 Å². The predicted molar refractivity (Wildman–Crippen MR) is 143 cm³/mol. The molecule has 0 unspecified atom stereocenters. The standard InChI is InChI=1S/C24H28N5O13P/c1-39-18-10-15(11-19(40-2)24(18)41-14-42-43(36,37)38)13-28-21(29(34)35)12-16(26-28)17(30)4-3-8-25-20(31)7-9-27-22(32)5-6-23(27)33/h5-6,10-12H,3-4,7-9,13-14H2,1-2H3,(H,25,31)(H2,36,37,38). The number of Topliss-reactive ketones (excluding diaryl/α,β-unsaturated/α-hetero) is 1. The number of rotatable bonds is 17. The van der Waals surface area contributed by atoms with Gasteiger partial charge in [-0.1, -0.05) is 5.10 Å². The van der Waals surface area contributed by atoms with Crippen LogP contribution in [-0.2, 0) is 30.0 Å². The van der Waals surface area contributed by atoms with E-state index in [0.29, 0.717) is 5.56 Å². The maximum atomic E-state index is 12.7. The van der Waals surface area contributed by atoms with Crippen LogP contribution in [0.3, 0.4) is 0 Å². The fourth-order valence-corrected chi connectivity index (χ4v) is 4.05. The molecule has 0 saturated heterocycles. The highest BCUT2D eigenvalue weighted by molar-refractivity contribution is 7.46. The van der Waals surface area contributed by atoms with Crippen LogP contribution < -0.4 is 19.5 Å². The van der Waals surface area contributed by atoms with Gasteiger partial charge in [0.1, 0.15) is 6.54 Å². The second-order valence-corrected chi connectivity index (χ2v) is 10.0. The van der Waals surface area contributed by atoms with E-state index in [1.54, 1.807) is 0 Å². The maximum Gasteiger partial charge on any atom is 0.472 e. The van der Waals surface area contributed by atoms with Gasteiger partial charge in [0.15, 0.2) is 23.0 Å². The van der Waals surface area contributed by atoms with Crippen molar-refractivity contribution >= 4 is 37.1 Å². The molecule has 1 aliphatic rings. The number of nitrogens with zero attached hydrogens (tertiary/aromatic N) is 4. The van der Waals surface area contributed by atoms with Crippen LogP contribution in [0.5, 0.6) is 17.2 Å². The summed E-state index contributed by atoms with van der Waals surface area (Å²) in [6, 6.07) is 3.89. The third-order valence-electron chi connectivity index (χ3n) is 5.87. The average molecular weight is 625 g/mol. The number of carbonyl (C=O) groups is 4. The molecule has 3 N–H and O–H groups in total. The van der Waals surface area contributed by atoms with Crippen molar-refractivity contribution in [3.8, 4) is 17.2 Å². The lowest BCUT2D eigenvalue weighted by Gasteiger charge is -2.16. The Bertz CT molecular complexity index is 1440. The van der Waals surface area contributed by atoms with E-state index in [0.717, 1.165) is 27.8 Å². The third-order valence-corrected chi connectivity index (χ3v) is 6.32. The summed E-state index contributed by atoms with van der Waals surface area (Å²) in [5.41, 5.74) is 0.225. The number of imide groups is 1. The first-order valence-electron chi connectivity index (χ1n) is 12.5. The van der Waals surface area contributed by atoms with Gasteiger partial charge in [0.25, 0.3) is 11.8 Å². The summed E-state index contributed by atoms with van der Waals surface area (Å²) >= 11 is 0. The molecule has 0 atom stereocenters. The molecule has 3 rings (SSSR count). The van der Waals surface area contributed by atoms with E-state index in [-0.39, 0.29) is 61.8 Å².